The van der Waals surface area contributed by atoms with Crippen LogP contribution in [0, 0.1) is 5.41 Å². The first-order chi connectivity index (χ1) is 11.6. The van der Waals surface area contributed by atoms with Gasteiger partial charge in [-0.25, -0.2) is 4.68 Å². The minimum absolute atomic E-state index is 0.0879. The number of methoxy groups -OCH3 is 1. The summed E-state index contributed by atoms with van der Waals surface area (Å²) in [6, 6.07) is 11.1. The molecule has 2 aromatic rings. The standard InChI is InChI=1S/C17H19N3O4/c1-24-12-17(16(22)23)8-10-19(11-17)15(21)14-7-9-20(18-14)13-5-3-2-4-6-13/h2-7,9H,8,10-12H2,1H3,(H,22,23). The SMILES string of the molecule is COCC1(C(=O)O)CCN(C(=O)c2ccn(-c3ccccc3)n2)C1. The maximum Gasteiger partial charge on any atom is 0.313 e. The lowest BCUT2D eigenvalue weighted by Crippen LogP contribution is -2.40. The lowest BCUT2D eigenvalue weighted by molar-refractivity contribution is -0.151. The number of rotatable bonds is 5. The van der Waals surface area contributed by atoms with Gasteiger partial charge in [-0.2, -0.15) is 5.10 Å². The van der Waals surface area contributed by atoms with Crippen LogP contribution in [-0.4, -0.2) is 58.5 Å². The average Bonchev–Trinajstić information content (AvgIpc) is 3.23. The Bertz CT molecular complexity index is 743. The molecular weight excluding hydrogens is 310 g/mol. The molecule has 1 amide bonds. The topological polar surface area (TPSA) is 84.7 Å². The molecule has 1 aromatic carbocycles. The highest BCUT2D eigenvalue weighted by Gasteiger charge is 2.46. The summed E-state index contributed by atoms with van der Waals surface area (Å²) in [5.74, 6) is -1.20. The van der Waals surface area contributed by atoms with E-state index < -0.39 is 11.4 Å². The van der Waals surface area contributed by atoms with E-state index >= 15 is 0 Å². The van der Waals surface area contributed by atoms with E-state index in [0.29, 0.717) is 18.7 Å². The zero-order valence-corrected chi connectivity index (χ0v) is 13.4. The number of carbonyl (C=O) groups excluding carboxylic acids is 1. The number of hydrogen-bond acceptors (Lipinski definition) is 4. The number of benzene rings is 1. The summed E-state index contributed by atoms with van der Waals surface area (Å²) in [7, 11) is 1.47. The maximum absolute atomic E-state index is 12.6. The van der Waals surface area contributed by atoms with E-state index in [-0.39, 0.29) is 19.1 Å². The molecule has 2 heterocycles. The summed E-state index contributed by atoms with van der Waals surface area (Å²) < 4.78 is 6.68. The summed E-state index contributed by atoms with van der Waals surface area (Å²) in [5, 5.41) is 13.8. The summed E-state index contributed by atoms with van der Waals surface area (Å²) in [5.41, 5.74) is 0.126. The van der Waals surface area contributed by atoms with E-state index in [0.717, 1.165) is 5.69 Å². The first kappa shape index (κ1) is 16.2. The monoisotopic (exact) mass is 329 g/mol. The number of ether oxygens (including phenoxy) is 1. The van der Waals surface area contributed by atoms with Crippen molar-refractivity contribution in [1.29, 1.82) is 0 Å². The lowest BCUT2D eigenvalue weighted by atomic mass is 9.88. The number of aromatic nitrogens is 2. The largest absolute Gasteiger partial charge is 0.481 e. The highest BCUT2D eigenvalue weighted by atomic mass is 16.5. The van der Waals surface area contributed by atoms with Crippen LogP contribution in [0.5, 0.6) is 0 Å². The summed E-state index contributed by atoms with van der Waals surface area (Å²) in [6.07, 6.45) is 2.10. The number of aliphatic carboxylic acids is 1. The molecule has 1 aromatic heterocycles. The second kappa shape index (κ2) is 6.45. The number of nitrogens with zero attached hydrogens (tertiary/aromatic N) is 3. The maximum atomic E-state index is 12.6. The Balaban J connectivity index is 1.76. The van der Waals surface area contributed by atoms with E-state index in [1.54, 1.807) is 16.9 Å². The molecule has 1 unspecified atom stereocenters. The minimum atomic E-state index is -1.04. The van der Waals surface area contributed by atoms with Gasteiger partial charge in [-0.05, 0) is 24.6 Å². The first-order valence-corrected chi connectivity index (χ1v) is 7.68. The molecule has 0 radical (unpaired) electrons. The summed E-state index contributed by atoms with van der Waals surface area (Å²) in [4.78, 5) is 25.7. The van der Waals surface area contributed by atoms with Crippen LogP contribution in [0.25, 0.3) is 5.69 Å². The third kappa shape index (κ3) is 2.90. The molecule has 1 aliphatic rings. The van der Waals surface area contributed by atoms with Crippen LogP contribution in [0.4, 0.5) is 0 Å². The van der Waals surface area contributed by atoms with Crippen molar-refractivity contribution >= 4 is 11.9 Å². The number of carboxylic acids is 1. The highest BCUT2D eigenvalue weighted by Crippen LogP contribution is 2.32. The average molecular weight is 329 g/mol. The molecule has 0 bridgehead atoms. The molecule has 0 aliphatic carbocycles. The predicted molar refractivity (Wildman–Crippen MR) is 86.0 cm³/mol. The molecule has 7 heteroatoms. The van der Waals surface area contributed by atoms with Crippen molar-refractivity contribution in [1.82, 2.24) is 14.7 Å². The number of para-hydroxylation sites is 1. The van der Waals surface area contributed by atoms with Gasteiger partial charge in [-0.1, -0.05) is 18.2 Å². The highest BCUT2D eigenvalue weighted by molar-refractivity contribution is 5.93. The number of amides is 1. The van der Waals surface area contributed by atoms with Crippen LogP contribution in [-0.2, 0) is 9.53 Å². The number of carbonyl (C=O) groups is 2. The fraction of sp³-hybridized carbons (Fsp3) is 0.353. The Morgan fingerprint density at radius 1 is 1.29 bits per heavy atom. The van der Waals surface area contributed by atoms with Crippen molar-refractivity contribution in [3.8, 4) is 5.69 Å². The number of likely N-dealkylation sites (tertiary alicyclic amines) is 1. The molecule has 7 nitrogen and oxygen atoms in total. The van der Waals surface area contributed by atoms with E-state index in [2.05, 4.69) is 5.10 Å². The Morgan fingerprint density at radius 3 is 2.71 bits per heavy atom. The van der Waals surface area contributed by atoms with Crippen molar-refractivity contribution in [2.45, 2.75) is 6.42 Å². The molecule has 126 valence electrons. The summed E-state index contributed by atoms with van der Waals surface area (Å²) >= 11 is 0. The van der Waals surface area contributed by atoms with Crippen molar-refractivity contribution in [3.63, 3.8) is 0 Å². The second-order valence-corrected chi connectivity index (χ2v) is 5.98. The second-order valence-electron chi connectivity index (χ2n) is 5.98. The van der Waals surface area contributed by atoms with Gasteiger partial charge in [0.2, 0.25) is 0 Å². The van der Waals surface area contributed by atoms with Gasteiger partial charge in [0, 0.05) is 26.4 Å². The minimum Gasteiger partial charge on any atom is -0.481 e. The third-order valence-corrected chi connectivity index (χ3v) is 4.34. The zero-order valence-electron chi connectivity index (χ0n) is 13.4. The quantitative estimate of drug-likeness (QED) is 0.897. The Hall–Kier alpha value is -2.67. The van der Waals surface area contributed by atoms with Gasteiger partial charge in [0.15, 0.2) is 5.69 Å². The van der Waals surface area contributed by atoms with Crippen LogP contribution in [0.15, 0.2) is 42.6 Å². The van der Waals surface area contributed by atoms with Gasteiger partial charge in [-0.15, -0.1) is 0 Å². The van der Waals surface area contributed by atoms with Crippen LogP contribution in [0.3, 0.4) is 0 Å². The van der Waals surface area contributed by atoms with Crippen molar-refractivity contribution in [3.05, 3.63) is 48.3 Å². The fourth-order valence-corrected chi connectivity index (χ4v) is 3.00. The predicted octanol–water partition coefficient (Wildman–Crippen LogP) is 1.44. The van der Waals surface area contributed by atoms with Crippen molar-refractivity contribution < 1.29 is 19.4 Å². The van der Waals surface area contributed by atoms with Gasteiger partial charge >= 0.3 is 5.97 Å². The number of carboxylic acid groups (broad SMARTS) is 1. The molecule has 1 N–H and O–H groups in total. The van der Waals surface area contributed by atoms with Crippen LogP contribution >= 0.6 is 0 Å². The lowest BCUT2D eigenvalue weighted by Gasteiger charge is -2.23. The Morgan fingerprint density at radius 2 is 2.04 bits per heavy atom. The van der Waals surface area contributed by atoms with E-state index in [9.17, 15) is 14.7 Å². The molecule has 0 spiro atoms. The molecule has 0 saturated carbocycles. The van der Waals surface area contributed by atoms with Gasteiger partial charge in [0.05, 0.1) is 12.3 Å². The molecular formula is C17H19N3O4. The molecule has 1 atom stereocenters. The molecule has 24 heavy (non-hydrogen) atoms. The van der Waals surface area contributed by atoms with Crippen molar-refractivity contribution in [2.75, 3.05) is 26.8 Å². The normalized spacial score (nSPS) is 20.3. The smallest absolute Gasteiger partial charge is 0.313 e. The van der Waals surface area contributed by atoms with Crippen LogP contribution in [0.2, 0.25) is 0 Å². The van der Waals surface area contributed by atoms with Gasteiger partial charge < -0.3 is 14.7 Å². The zero-order chi connectivity index (χ0) is 17.2. The van der Waals surface area contributed by atoms with E-state index in [4.69, 9.17) is 4.74 Å². The van der Waals surface area contributed by atoms with Gasteiger partial charge in [0.1, 0.15) is 5.41 Å². The van der Waals surface area contributed by atoms with Gasteiger partial charge in [-0.3, -0.25) is 9.59 Å². The van der Waals surface area contributed by atoms with Crippen molar-refractivity contribution in [2.24, 2.45) is 5.41 Å². The molecule has 1 saturated heterocycles. The first-order valence-electron chi connectivity index (χ1n) is 7.68. The molecule has 3 rings (SSSR count). The van der Waals surface area contributed by atoms with Gasteiger partial charge in [0.25, 0.3) is 5.91 Å². The molecule has 1 aliphatic heterocycles. The van der Waals surface area contributed by atoms with E-state index in [1.165, 1.54) is 12.0 Å². The van der Waals surface area contributed by atoms with E-state index in [1.807, 2.05) is 30.3 Å². The fourth-order valence-electron chi connectivity index (χ4n) is 3.00. The third-order valence-electron chi connectivity index (χ3n) is 4.34. The Kier molecular flexibility index (Phi) is 4.35. The van der Waals surface area contributed by atoms with Crippen LogP contribution in [0.1, 0.15) is 16.9 Å². The summed E-state index contributed by atoms with van der Waals surface area (Å²) in [6.45, 7) is 0.602. The molecule has 1 fully saturated rings. The Labute approximate surface area is 139 Å². The van der Waals surface area contributed by atoms with Crippen LogP contribution < -0.4 is 0 Å². The number of hydrogen-bond donors (Lipinski definition) is 1.